The quantitative estimate of drug-likeness (QED) is 0.639. The zero-order valence-corrected chi connectivity index (χ0v) is 14.4. The Hall–Kier alpha value is -2.60. The van der Waals surface area contributed by atoms with Crippen LogP contribution in [0, 0.1) is 5.82 Å². The maximum absolute atomic E-state index is 13.1. The summed E-state index contributed by atoms with van der Waals surface area (Å²) in [6.07, 6.45) is 4.24. The fourth-order valence-corrected chi connectivity index (χ4v) is 3.59. The van der Waals surface area contributed by atoms with Crippen molar-refractivity contribution < 1.29 is 4.39 Å². The molecule has 0 spiro atoms. The Morgan fingerprint density at radius 2 is 1.80 bits per heavy atom. The van der Waals surface area contributed by atoms with Crippen molar-refractivity contribution >= 4 is 29.5 Å². The van der Waals surface area contributed by atoms with Crippen molar-refractivity contribution in [3.63, 3.8) is 0 Å². The SMILES string of the molecule is Fc1ccc(N2CCn3c(SCC=Cc4ccccc4)nnc32)cc1. The zero-order chi connectivity index (χ0) is 17.1. The fraction of sp³-hybridized carbons (Fsp3) is 0.158. The lowest BCUT2D eigenvalue weighted by atomic mass is 10.2. The summed E-state index contributed by atoms with van der Waals surface area (Å²) in [5.74, 6) is 1.43. The third-order valence-electron chi connectivity index (χ3n) is 4.04. The van der Waals surface area contributed by atoms with Gasteiger partial charge in [0, 0.05) is 24.5 Å². The van der Waals surface area contributed by atoms with Crippen LogP contribution >= 0.6 is 11.8 Å². The van der Waals surface area contributed by atoms with Gasteiger partial charge in [-0.05, 0) is 29.8 Å². The van der Waals surface area contributed by atoms with Gasteiger partial charge in [0.2, 0.25) is 5.95 Å². The number of nitrogens with zero attached hydrogens (tertiary/aromatic N) is 4. The molecule has 0 aliphatic carbocycles. The molecule has 6 heteroatoms. The van der Waals surface area contributed by atoms with Gasteiger partial charge in [-0.3, -0.25) is 4.57 Å². The molecule has 0 radical (unpaired) electrons. The average molecular weight is 352 g/mol. The van der Waals surface area contributed by atoms with Gasteiger partial charge in [0.05, 0.1) is 0 Å². The van der Waals surface area contributed by atoms with Crippen molar-refractivity contribution in [1.29, 1.82) is 0 Å². The first kappa shape index (κ1) is 15.9. The predicted molar refractivity (Wildman–Crippen MR) is 99.6 cm³/mol. The molecule has 25 heavy (non-hydrogen) atoms. The number of hydrogen-bond acceptors (Lipinski definition) is 4. The van der Waals surface area contributed by atoms with Crippen molar-refractivity contribution in [3.05, 3.63) is 72.1 Å². The second-order valence-corrected chi connectivity index (χ2v) is 6.67. The summed E-state index contributed by atoms with van der Waals surface area (Å²) >= 11 is 1.67. The topological polar surface area (TPSA) is 34.0 Å². The molecular formula is C19H17FN4S. The van der Waals surface area contributed by atoms with Crippen LogP contribution in [0.1, 0.15) is 5.56 Å². The monoisotopic (exact) mass is 352 g/mol. The molecule has 0 saturated heterocycles. The Bertz CT molecular complexity index is 874. The normalized spacial score (nSPS) is 13.6. The molecule has 1 aliphatic heterocycles. The van der Waals surface area contributed by atoms with Crippen molar-refractivity contribution in [2.75, 3.05) is 17.2 Å². The molecule has 0 amide bonds. The Balaban J connectivity index is 1.43. The minimum absolute atomic E-state index is 0.231. The zero-order valence-electron chi connectivity index (χ0n) is 13.5. The highest BCUT2D eigenvalue weighted by Gasteiger charge is 2.25. The van der Waals surface area contributed by atoms with Crippen LogP contribution in [0.5, 0.6) is 0 Å². The second kappa shape index (κ2) is 7.11. The lowest BCUT2D eigenvalue weighted by Gasteiger charge is -2.14. The van der Waals surface area contributed by atoms with Gasteiger partial charge in [-0.15, -0.1) is 10.2 Å². The highest BCUT2D eigenvalue weighted by Crippen LogP contribution is 2.32. The Morgan fingerprint density at radius 1 is 1.00 bits per heavy atom. The van der Waals surface area contributed by atoms with E-state index in [1.54, 1.807) is 23.9 Å². The van der Waals surface area contributed by atoms with E-state index in [0.717, 1.165) is 35.6 Å². The highest BCUT2D eigenvalue weighted by molar-refractivity contribution is 7.99. The largest absolute Gasteiger partial charge is 0.309 e. The molecule has 0 N–H and O–H groups in total. The summed E-state index contributed by atoms with van der Waals surface area (Å²) in [7, 11) is 0. The smallest absolute Gasteiger partial charge is 0.232 e. The summed E-state index contributed by atoms with van der Waals surface area (Å²) in [6, 6.07) is 16.7. The minimum atomic E-state index is -0.231. The van der Waals surface area contributed by atoms with E-state index in [2.05, 4.69) is 43.9 Å². The standard InChI is InChI=1S/C19H17FN4S/c20-16-8-10-17(11-9-16)23-12-13-24-18(23)21-22-19(24)25-14-4-7-15-5-2-1-3-6-15/h1-11H,12-14H2. The van der Waals surface area contributed by atoms with Crippen LogP contribution in [0.15, 0.2) is 65.8 Å². The van der Waals surface area contributed by atoms with E-state index in [4.69, 9.17) is 0 Å². The lowest BCUT2D eigenvalue weighted by Crippen LogP contribution is -2.14. The first-order valence-electron chi connectivity index (χ1n) is 8.12. The van der Waals surface area contributed by atoms with Crippen LogP contribution < -0.4 is 4.90 Å². The number of benzene rings is 2. The molecule has 4 nitrogen and oxygen atoms in total. The molecule has 2 aromatic carbocycles. The van der Waals surface area contributed by atoms with Gasteiger partial charge in [-0.2, -0.15) is 0 Å². The van der Waals surface area contributed by atoms with Crippen molar-refractivity contribution in [3.8, 4) is 0 Å². The van der Waals surface area contributed by atoms with Gasteiger partial charge in [-0.25, -0.2) is 4.39 Å². The maximum Gasteiger partial charge on any atom is 0.232 e. The van der Waals surface area contributed by atoms with E-state index in [9.17, 15) is 4.39 Å². The molecule has 0 saturated carbocycles. The van der Waals surface area contributed by atoms with Crippen molar-refractivity contribution in [1.82, 2.24) is 14.8 Å². The van der Waals surface area contributed by atoms with E-state index in [1.807, 2.05) is 18.2 Å². The molecule has 3 aromatic rings. The lowest BCUT2D eigenvalue weighted by molar-refractivity contribution is 0.627. The van der Waals surface area contributed by atoms with E-state index >= 15 is 0 Å². The van der Waals surface area contributed by atoms with Gasteiger partial charge < -0.3 is 4.90 Å². The molecule has 0 atom stereocenters. The molecule has 0 fully saturated rings. The predicted octanol–water partition coefficient (Wildman–Crippen LogP) is 4.37. The van der Waals surface area contributed by atoms with Gasteiger partial charge in [0.25, 0.3) is 0 Å². The number of aromatic nitrogens is 3. The van der Waals surface area contributed by atoms with E-state index in [0.29, 0.717) is 0 Å². The Morgan fingerprint density at radius 3 is 2.60 bits per heavy atom. The molecular weight excluding hydrogens is 335 g/mol. The Labute approximate surface area is 150 Å². The first-order valence-corrected chi connectivity index (χ1v) is 9.10. The molecule has 4 rings (SSSR count). The summed E-state index contributed by atoms with van der Waals surface area (Å²) in [6.45, 7) is 1.66. The van der Waals surface area contributed by atoms with Crippen LogP contribution in [-0.2, 0) is 6.54 Å². The van der Waals surface area contributed by atoms with Gasteiger partial charge in [0.15, 0.2) is 5.16 Å². The van der Waals surface area contributed by atoms with Gasteiger partial charge in [-0.1, -0.05) is 54.2 Å². The van der Waals surface area contributed by atoms with Gasteiger partial charge >= 0.3 is 0 Å². The number of halogens is 1. The molecule has 1 aliphatic rings. The average Bonchev–Trinajstić information content (AvgIpc) is 3.23. The molecule has 126 valence electrons. The third-order valence-corrected chi connectivity index (χ3v) is 4.96. The van der Waals surface area contributed by atoms with Crippen LogP contribution in [0.2, 0.25) is 0 Å². The molecule has 2 heterocycles. The van der Waals surface area contributed by atoms with Crippen LogP contribution in [0.4, 0.5) is 16.0 Å². The number of anilines is 2. The van der Waals surface area contributed by atoms with Crippen LogP contribution in [0.25, 0.3) is 6.08 Å². The number of hydrogen-bond donors (Lipinski definition) is 0. The van der Waals surface area contributed by atoms with Crippen molar-refractivity contribution in [2.45, 2.75) is 11.7 Å². The number of fused-ring (bicyclic) bond motifs is 1. The molecule has 1 aromatic heterocycles. The third kappa shape index (κ3) is 3.44. The van der Waals surface area contributed by atoms with Crippen LogP contribution in [-0.4, -0.2) is 27.1 Å². The van der Waals surface area contributed by atoms with E-state index < -0.39 is 0 Å². The molecule has 0 unspecified atom stereocenters. The minimum Gasteiger partial charge on any atom is -0.309 e. The number of rotatable bonds is 5. The first-order chi connectivity index (χ1) is 12.3. The summed E-state index contributed by atoms with van der Waals surface area (Å²) < 4.78 is 15.2. The fourth-order valence-electron chi connectivity index (χ4n) is 2.82. The van der Waals surface area contributed by atoms with E-state index in [-0.39, 0.29) is 5.82 Å². The second-order valence-electron chi connectivity index (χ2n) is 5.69. The summed E-state index contributed by atoms with van der Waals surface area (Å²) in [5, 5.41) is 9.53. The van der Waals surface area contributed by atoms with Gasteiger partial charge in [0.1, 0.15) is 5.82 Å². The highest BCUT2D eigenvalue weighted by atomic mass is 32.2. The molecule has 0 bridgehead atoms. The summed E-state index contributed by atoms with van der Waals surface area (Å²) in [4.78, 5) is 2.07. The Kier molecular flexibility index (Phi) is 4.52. The van der Waals surface area contributed by atoms with E-state index in [1.165, 1.54) is 17.7 Å². The van der Waals surface area contributed by atoms with Crippen LogP contribution in [0.3, 0.4) is 0 Å². The van der Waals surface area contributed by atoms with Crippen molar-refractivity contribution in [2.24, 2.45) is 0 Å². The summed E-state index contributed by atoms with van der Waals surface area (Å²) in [5.41, 5.74) is 2.13. The maximum atomic E-state index is 13.1. The number of thioether (sulfide) groups is 1.